The van der Waals surface area contributed by atoms with Gasteiger partial charge in [-0.1, -0.05) is 6.07 Å². The molecular weight excluding hydrogens is 290 g/mol. The van der Waals surface area contributed by atoms with Gasteiger partial charge in [0.05, 0.1) is 5.69 Å². The predicted molar refractivity (Wildman–Crippen MR) is 77.5 cm³/mol. The first-order valence-corrected chi connectivity index (χ1v) is 6.82. The van der Waals surface area contributed by atoms with Gasteiger partial charge in [0, 0.05) is 18.3 Å². The standard InChI is InChI=1S/C16H16F2N2O2/c1-11-15(6-3-8-19-11)22-10-16(21)20-9-7-12-13(17)4-2-5-14(12)18/h2-6,8H,7,9-10H2,1H3,(H,20,21). The molecule has 1 amide bonds. The number of ether oxygens (including phenoxy) is 1. The van der Waals surface area contributed by atoms with Crippen LogP contribution in [0.2, 0.25) is 0 Å². The van der Waals surface area contributed by atoms with Gasteiger partial charge in [0.1, 0.15) is 17.4 Å². The average Bonchev–Trinajstić information content (AvgIpc) is 2.49. The van der Waals surface area contributed by atoms with Crippen molar-refractivity contribution >= 4 is 5.91 Å². The fraction of sp³-hybridized carbons (Fsp3) is 0.250. The lowest BCUT2D eigenvalue weighted by Gasteiger charge is -2.09. The van der Waals surface area contributed by atoms with Crippen molar-refractivity contribution in [1.29, 1.82) is 0 Å². The van der Waals surface area contributed by atoms with Gasteiger partial charge in [0.25, 0.3) is 5.91 Å². The molecule has 1 aromatic carbocycles. The number of carbonyl (C=O) groups is 1. The molecule has 2 aromatic rings. The highest BCUT2D eigenvalue weighted by Gasteiger charge is 2.09. The van der Waals surface area contributed by atoms with E-state index in [2.05, 4.69) is 10.3 Å². The van der Waals surface area contributed by atoms with Gasteiger partial charge >= 0.3 is 0 Å². The Labute approximate surface area is 127 Å². The molecule has 1 aromatic heterocycles. The van der Waals surface area contributed by atoms with Crippen molar-refractivity contribution in [3.63, 3.8) is 0 Å². The molecule has 0 spiro atoms. The molecule has 0 unspecified atom stereocenters. The Kier molecular flexibility index (Phi) is 5.41. The van der Waals surface area contributed by atoms with Crippen molar-refractivity contribution in [2.24, 2.45) is 0 Å². The van der Waals surface area contributed by atoms with Gasteiger partial charge in [-0.25, -0.2) is 8.78 Å². The van der Waals surface area contributed by atoms with Crippen LogP contribution in [0.25, 0.3) is 0 Å². The lowest BCUT2D eigenvalue weighted by atomic mass is 10.1. The quantitative estimate of drug-likeness (QED) is 0.891. The van der Waals surface area contributed by atoms with Crippen LogP contribution in [0.15, 0.2) is 36.5 Å². The number of nitrogens with zero attached hydrogens (tertiary/aromatic N) is 1. The van der Waals surface area contributed by atoms with Gasteiger partial charge in [-0.15, -0.1) is 0 Å². The first kappa shape index (κ1) is 15.9. The normalized spacial score (nSPS) is 10.3. The summed E-state index contributed by atoms with van der Waals surface area (Å²) in [7, 11) is 0. The topological polar surface area (TPSA) is 51.2 Å². The van der Waals surface area contributed by atoms with E-state index in [1.54, 1.807) is 25.3 Å². The largest absolute Gasteiger partial charge is 0.482 e. The highest BCUT2D eigenvalue weighted by atomic mass is 19.1. The maximum atomic E-state index is 13.4. The molecule has 0 aliphatic carbocycles. The Morgan fingerprint density at radius 1 is 1.23 bits per heavy atom. The average molecular weight is 306 g/mol. The van der Waals surface area contributed by atoms with E-state index in [1.165, 1.54) is 18.2 Å². The first-order valence-electron chi connectivity index (χ1n) is 6.82. The molecule has 1 N–H and O–H groups in total. The smallest absolute Gasteiger partial charge is 0.257 e. The SMILES string of the molecule is Cc1ncccc1OCC(=O)NCCc1c(F)cccc1F. The molecule has 0 saturated heterocycles. The minimum absolute atomic E-state index is 0.0353. The van der Waals surface area contributed by atoms with E-state index in [1.807, 2.05) is 0 Å². The molecule has 4 nitrogen and oxygen atoms in total. The zero-order valence-corrected chi connectivity index (χ0v) is 12.1. The summed E-state index contributed by atoms with van der Waals surface area (Å²) in [6.45, 7) is 1.73. The Bertz CT molecular complexity index is 642. The Morgan fingerprint density at radius 2 is 1.95 bits per heavy atom. The van der Waals surface area contributed by atoms with Crippen molar-refractivity contribution < 1.29 is 18.3 Å². The molecule has 0 aliphatic heterocycles. The summed E-state index contributed by atoms with van der Waals surface area (Å²) < 4.78 is 32.1. The number of rotatable bonds is 6. The molecule has 0 aliphatic rings. The zero-order chi connectivity index (χ0) is 15.9. The van der Waals surface area contributed by atoms with Gasteiger partial charge in [0.2, 0.25) is 0 Å². The van der Waals surface area contributed by atoms with Crippen molar-refractivity contribution in [2.75, 3.05) is 13.2 Å². The van der Waals surface area contributed by atoms with E-state index in [4.69, 9.17) is 4.74 Å². The minimum atomic E-state index is -0.614. The number of carbonyl (C=O) groups excluding carboxylic acids is 1. The number of aromatic nitrogens is 1. The van der Waals surface area contributed by atoms with E-state index in [-0.39, 0.29) is 31.0 Å². The molecular formula is C16H16F2N2O2. The summed E-state index contributed by atoms with van der Waals surface area (Å²) in [4.78, 5) is 15.7. The maximum Gasteiger partial charge on any atom is 0.257 e. The molecule has 116 valence electrons. The fourth-order valence-corrected chi connectivity index (χ4v) is 1.91. The van der Waals surface area contributed by atoms with Gasteiger partial charge in [-0.05, 0) is 37.6 Å². The summed E-state index contributed by atoms with van der Waals surface area (Å²) in [6.07, 6.45) is 1.71. The second kappa shape index (κ2) is 7.49. The van der Waals surface area contributed by atoms with Crippen molar-refractivity contribution in [3.05, 3.63) is 59.4 Å². The van der Waals surface area contributed by atoms with Crippen molar-refractivity contribution in [1.82, 2.24) is 10.3 Å². The van der Waals surface area contributed by atoms with E-state index >= 15 is 0 Å². The third-order valence-electron chi connectivity index (χ3n) is 3.08. The Hall–Kier alpha value is -2.50. The molecule has 6 heteroatoms. The minimum Gasteiger partial charge on any atom is -0.482 e. The summed E-state index contributed by atoms with van der Waals surface area (Å²) >= 11 is 0. The van der Waals surface area contributed by atoms with Crippen molar-refractivity contribution in [2.45, 2.75) is 13.3 Å². The van der Waals surface area contributed by atoms with Gasteiger partial charge in [0.15, 0.2) is 6.61 Å². The summed E-state index contributed by atoms with van der Waals surface area (Å²) in [5.74, 6) is -1.06. The number of hydrogen-bond acceptors (Lipinski definition) is 3. The maximum absolute atomic E-state index is 13.4. The van der Waals surface area contributed by atoms with E-state index in [0.29, 0.717) is 11.4 Å². The van der Waals surface area contributed by atoms with Crippen LogP contribution in [-0.4, -0.2) is 24.0 Å². The van der Waals surface area contributed by atoms with E-state index in [0.717, 1.165) is 0 Å². The molecule has 0 radical (unpaired) electrons. The third-order valence-corrected chi connectivity index (χ3v) is 3.08. The third kappa shape index (κ3) is 4.25. The monoisotopic (exact) mass is 306 g/mol. The van der Waals surface area contributed by atoms with Crippen LogP contribution in [0, 0.1) is 18.6 Å². The van der Waals surface area contributed by atoms with Crippen LogP contribution >= 0.6 is 0 Å². The summed E-state index contributed by atoms with van der Waals surface area (Å²) in [5, 5.41) is 2.56. The van der Waals surface area contributed by atoms with Crippen LogP contribution in [0.5, 0.6) is 5.75 Å². The highest BCUT2D eigenvalue weighted by molar-refractivity contribution is 5.77. The zero-order valence-electron chi connectivity index (χ0n) is 12.1. The van der Waals surface area contributed by atoms with Gasteiger partial charge in [-0.2, -0.15) is 0 Å². The van der Waals surface area contributed by atoms with Crippen LogP contribution in [-0.2, 0) is 11.2 Å². The summed E-state index contributed by atoms with van der Waals surface area (Å²) in [5.41, 5.74) is 0.649. The predicted octanol–water partition coefficient (Wildman–Crippen LogP) is 2.41. The molecule has 22 heavy (non-hydrogen) atoms. The molecule has 2 rings (SSSR count). The molecule has 1 heterocycles. The number of halogens is 2. The van der Waals surface area contributed by atoms with Gasteiger partial charge in [-0.3, -0.25) is 9.78 Å². The van der Waals surface area contributed by atoms with Crippen molar-refractivity contribution in [3.8, 4) is 5.75 Å². The number of pyridine rings is 1. The summed E-state index contributed by atoms with van der Waals surface area (Å²) in [6, 6.07) is 7.10. The number of benzene rings is 1. The van der Waals surface area contributed by atoms with Crippen LogP contribution in [0.3, 0.4) is 0 Å². The number of aryl methyl sites for hydroxylation is 1. The Balaban J connectivity index is 1.78. The lowest BCUT2D eigenvalue weighted by Crippen LogP contribution is -2.31. The van der Waals surface area contributed by atoms with E-state index in [9.17, 15) is 13.6 Å². The van der Waals surface area contributed by atoms with Crippen LogP contribution in [0.4, 0.5) is 8.78 Å². The number of nitrogens with one attached hydrogen (secondary N) is 1. The van der Waals surface area contributed by atoms with Crippen LogP contribution in [0.1, 0.15) is 11.3 Å². The second-order valence-corrected chi connectivity index (χ2v) is 4.68. The number of hydrogen-bond donors (Lipinski definition) is 1. The van der Waals surface area contributed by atoms with Gasteiger partial charge < -0.3 is 10.1 Å². The van der Waals surface area contributed by atoms with E-state index < -0.39 is 11.6 Å². The Morgan fingerprint density at radius 3 is 2.64 bits per heavy atom. The fourth-order valence-electron chi connectivity index (χ4n) is 1.91. The molecule has 0 saturated carbocycles. The second-order valence-electron chi connectivity index (χ2n) is 4.68. The first-order chi connectivity index (χ1) is 10.6. The number of amides is 1. The van der Waals surface area contributed by atoms with Crippen LogP contribution < -0.4 is 10.1 Å². The molecule has 0 bridgehead atoms. The molecule has 0 fully saturated rings. The lowest BCUT2D eigenvalue weighted by molar-refractivity contribution is -0.123. The molecule has 0 atom stereocenters. The highest BCUT2D eigenvalue weighted by Crippen LogP contribution is 2.13.